The van der Waals surface area contributed by atoms with Crippen LogP contribution in [-0.4, -0.2) is 35.5 Å². The van der Waals surface area contributed by atoms with E-state index in [0.29, 0.717) is 42.2 Å². The van der Waals surface area contributed by atoms with Crippen molar-refractivity contribution >= 4 is 17.7 Å². The van der Waals surface area contributed by atoms with Crippen molar-refractivity contribution in [3.05, 3.63) is 83.5 Å². The Morgan fingerprint density at radius 2 is 1.89 bits per heavy atom. The first-order valence-electron chi connectivity index (χ1n) is 10.9. The molecule has 0 unspecified atom stereocenters. The summed E-state index contributed by atoms with van der Waals surface area (Å²) in [5.41, 5.74) is 2.63. The molecular weight excluding hydrogens is 462 g/mol. The predicted molar refractivity (Wildman–Crippen MR) is 125 cm³/mol. The fourth-order valence-electron chi connectivity index (χ4n) is 3.07. The summed E-state index contributed by atoms with van der Waals surface area (Å²) in [6, 6.07) is 9.59. The fourth-order valence-corrected chi connectivity index (χ4v) is 3.07. The van der Waals surface area contributed by atoms with Crippen molar-refractivity contribution < 1.29 is 38.2 Å². The molecule has 2 aromatic rings. The molecule has 2 amide bonds. The lowest BCUT2D eigenvalue weighted by molar-refractivity contribution is -0.124. The number of anilines is 1. The zero-order valence-corrected chi connectivity index (χ0v) is 19.2. The third-order valence-electron chi connectivity index (χ3n) is 4.72. The van der Waals surface area contributed by atoms with E-state index in [-0.39, 0.29) is 18.9 Å². The first kappa shape index (κ1) is 27.5. The van der Waals surface area contributed by atoms with Crippen molar-refractivity contribution in [2.45, 2.75) is 32.3 Å². The van der Waals surface area contributed by atoms with E-state index < -0.39 is 29.7 Å². The average molecular weight is 491 g/mol. The van der Waals surface area contributed by atoms with Gasteiger partial charge in [0.2, 0.25) is 0 Å². The molecule has 0 aliphatic rings. The number of carbonyl (C=O) groups is 2. The van der Waals surface area contributed by atoms with Gasteiger partial charge in [-0.05, 0) is 61.6 Å². The molecule has 0 aromatic heterocycles. The van der Waals surface area contributed by atoms with Gasteiger partial charge in [0.25, 0.3) is 5.91 Å². The quantitative estimate of drug-likeness (QED) is 0.112. The number of hydrogen-bond donors (Lipinski definition) is 4. The maximum Gasteiger partial charge on any atom is 0.412 e. The average Bonchev–Trinajstić information content (AvgIpc) is 2.83. The number of ether oxygens (including phenoxy) is 2. The number of unbranched alkanes of at least 4 members (excludes halogenated alkanes) is 1. The molecule has 0 spiro atoms. The number of hydroxylamine groups is 1. The van der Waals surface area contributed by atoms with E-state index in [1.807, 2.05) is 6.08 Å². The van der Waals surface area contributed by atoms with Gasteiger partial charge >= 0.3 is 6.09 Å². The third-order valence-corrected chi connectivity index (χ3v) is 4.72. The van der Waals surface area contributed by atoms with Crippen LogP contribution in [0.2, 0.25) is 0 Å². The second kappa shape index (κ2) is 14.5. The summed E-state index contributed by atoms with van der Waals surface area (Å²) in [5.74, 6) is -1.78. The molecule has 0 radical (unpaired) electrons. The van der Waals surface area contributed by atoms with Crippen LogP contribution in [-0.2, 0) is 9.53 Å². The molecule has 0 saturated carbocycles. The van der Waals surface area contributed by atoms with Gasteiger partial charge in [-0.25, -0.2) is 19.1 Å². The van der Waals surface area contributed by atoms with Crippen molar-refractivity contribution in [1.29, 1.82) is 0 Å². The maximum atomic E-state index is 13.9. The number of carbonyl (C=O) groups excluding carboxylic acids is 2. The highest BCUT2D eigenvalue weighted by Gasteiger charge is 2.18. The van der Waals surface area contributed by atoms with Crippen molar-refractivity contribution in [3.8, 4) is 5.75 Å². The minimum atomic E-state index is -0.924. The summed E-state index contributed by atoms with van der Waals surface area (Å²) >= 11 is 0. The normalized spacial score (nSPS) is 12.3. The van der Waals surface area contributed by atoms with Crippen molar-refractivity contribution in [2.24, 2.45) is 0 Å². The van der Waals surface area contributed by atoms with E-state index in [1.54, 1.807) is 37.3 Å². The number of amides is 2. The molecule has 0 fully saturated rings. The standard InChI is InChI=1S/C25H28F2N2O6/c1-17(15-24(31)29-33)5-3-2-4-6-23(18-7-10-20(11-8-18)34-14-13-30)35-25(32)28-22-12-9-19(26)16-21(22)27/h3,5,7-12,15-16,23,30,33H,2,4,6,13-14H2,1H3,(H,28,32)(H,29,31)/b5-3+,17-15+/t23-/m0/s1. The van der Waals surface area contributed by atoms with Gasteiger partial charge in [-0.2, -0.15) is 0 Å². The van der Waals surface area contributed by atoms with E-state index in [9.17, 15) is 18.4 Å². The Balaban J connectivity index is 2.05. The Hall–Kier alpha value is -3.76. The Morgan fingerprint density at radius 1 is 1.14 bits per heavy atom. The zero-order chi connectivity index (χ0) is 25.6. The minimum absolute atomic E-state index is 0.125. The number of aliphatic hydroxyl groups is 1. The molecular formula is C25H28F2N2O6. The molecule has 1 atom stereocenters. The van der Waals surface area contributed by atoms with Gasteiger partial charge in [0.1, 0.15) is 30.1 Å². The van der Waals surface area contributed by atoms with E-state index >= 15 is 0 Å². The number of aliphatic hydroxyl groups excluding tert-OH is 1. The largest absolute Gasteiger partial charge is 0.491 e. The van der Waals surface area contributed by atoms with Crippen LogP contribution in [0.25, 0.3) is 0 Å². The summed E-state index contributed by atoms with van der Waals surface area (Å²) in [7, 11) is 0. The van der Waals surface area contributed by atoms with E-state index in [1.165, 1.54) is 11.6 Å². The molecule has 2 rings (SSSR count). The Labute approximate surface area is 201 Å². The summed E-state index contributed by atoms with van der Waals surface area (Å²) < 4.78 is 37.9. The number of nitrogens with one attached hydrogen (secondary N) is 2. The van der Waals surface area contributed by atoms with E-state index in [0.717, 1.165) is 12.1 Å². The lowest BCUT2D eigenvalue weighted by Gasteiger charge is -2.19. The zero-order valence-electron chi connectivity index (χ0n) is 19.2. The molecule has 2 aromatic carbocycles. The Kier molecular flexibility index (Phi) is 11.4. The van der Waals surface area contributed by atoms with Crippen LogP contribution in [0.3, 0.4) is 0 Å². The summed E-state index contributed by atoms with van der Waals surface area (Å²) in [5, 5.41) is 19.7. The number of halogens is 2. The number of benzene rings is 2. The molecule has 0 heterocycles. The lowest BCUT2D eigenvalue weighted by Crippen LogP contribution is -2.18. The fraction of sp³-hybridized carbons (Fsp3) is 0.280. The van der Waals surface area contributed by atoms with Crippen molar-refractivity contribution in [3.63, 3.8) is 0 Å². The van der Waals surface area contributed by atoms with Crippen LogP contribution >= 0.6 is 0 Å². The van der Waals surface area contributed by atoms with Gasteiger partial charge in [0.05, 0.1) is 12.3 Å². The van der Waals surface area contributed by atoms with Crippen LogP contribution in [0.4, 0.5) is 19.3 Å². The van der Waals surface area contributed by atoms with Gasteiger partial charge in [0.15, 0.2) is 0 Å². The highest BCUT2D eigenvalue weighted by atomic mass is 19.1. The monoisotopic (exact) mass is 490 g/mol. The molecule has 0 aliphatic carbocycles. The first-order chi connectivity index (χ1) is 16.8. The van der Waals surface area contributed by atoms with Gasteiger partial charge in [-0.3, -0.25) is 15.3 Å². The molecule has 10 heteroatoms. The third kappa shape index (κ3) is 9.95. The van der Waals surface area contributed by atoms with Crippen LogP contribution in [0, 0.1) is 11.6 Å². The van der Waals surface area contributed by atoms with Gasteiger partial charge in [0, 0.05) is 12.1 Å². The smallest absolute Gasteiger partial charge is 0.412 e. The summed E-state index contributed by atoms with van der Waals surface area (Å²) in [6.45, 7) is 1.72. The molecule has 8 nitrogen and oxygen atoms in total. The van der Waals surface area contributed by atoms with Crippen LogP contribution in [0.15, 0.2) is 66.3 Å². The Morgan fingerprint density at radius 3 is 2.54 bits per heavy atom. The van der Waals surface area contributed by atoms with E-state index in [2.05, 4.69) is 5.32 Å². The second-order valence-corrected chi connectivity index (χ2v) is 7.48. The predicted octanol–water partition coefficient (Wildman–Crippen LogP) is 4.80. The SMILES string of the molecule is CC(/C=C/CCC[C@H](OC(=O)Nc1ccc(F)cc1F)c1ccc(OCCO)cc1)=C\C(=O)NO. The number of hydrogen-bond acceptors (Lipinski definition) is 6. The van der Waals surface area contributed by atoms with E-state index in [4.69, 9.17) is 19.8 Å². The van der Waals surface area contributed by atoms with Crippen LogP contribution in [0.1, 0.15) is 37.9 Å². The maximum absolute atomic E-state index is 13.9. The van der Waals surface area contributed by atoms with Gasteiger partial charge in [-0.1, -0.05) is 24.3 Å². The van der Waals surface area contributed by atoms with Crippen molar-refractivity contribution in [2.75, 3.05) is 18.5 Å². The highest BCUT2D eigenvalue weighted by molar-refractivity contribution is 5.87. The first-order valence-corrected chi connectivity index (χ1v) is 10.9. The van der Waals surface area contributed by atoms with Crippen LogP contribution in [0.5, 0.6) is 5.75 Å². The number of allylic oxidation sites excluding steroid dienone is 3. The second-order valence-electron chi connectivity index (χ2n) is 7.48. The summed E-state index contributed by atoms with van der Waals surface area (Å²) in [6.07, 6.45) is 4.89. The molecule has 35 heavy (non-hydrogen) atoms. The van der Waals surface area contributed by atoms with Crippen molar-refractivity contribution in [1.82, 2.24) is 5.48 Å². The molecule has 0 bridgehead atoms. The summed E-state index contributed by atoms with van der Waals surface area (Å²) in [4.78, 5) is 23.5. The molecule has 0 aliphatic heterocycles. The lowest BCUT2D eigenvalue weighted by atomic mass is 10.0. The van der Waals surface area contributed by atoms with Gasteiger partial charge in [-0.15, -0.1) is 0 Å². The minimum Gasteiger partial charge on any atom is -0.491 e. The molecule has 0 saturated heterocycles. The molecule has 188 valence electrons. The Bertz CT molecular complexity index is 1040. The number of rotatable bonds is 12. The molecule has 4 N–H and O–H groups in total. The van der Waals surface area contributed by atoms with Gasteiger partial charge < -0.3 is 14.6 Å². The topological polar surface area (TPSA) is 117 Å². The van der Waals surface area contributed by atoms with Crippen LogP contribution < -0.4 is 15.5 Å². The highest BCUT2D eigenvalue weighted by Crippen LogP contribution is 2.27.